The third kappa shape index (κ3) is 8.78. The van der Waals surface area contributed by atoms with Gasteiger partial charge in [0, 0.05) is 18.5 Å². The number of ether oxygens (including phenoxy) is 3. The maximum atomic E-state index is 11.5. The summed E-state index contributed by atoms with van der Waals surface area (Å²) in [6, 6.07) is 12.0. The van der Waals surface area contributed by atoms with Crippen LogP contribution in [0.2, 0.25) is 0 Å². The Morgan fingerprint density at radius 2 is 1.80 bits per heavy atom. The first-order valence-electron chi connectivity index (χ1n) is 12.3. The van der Waals surface area contributed by atoms with Crippen molar-refractivity contribution in [2.45, 2.75) is 32.6 Å². The molecule has 2 aromatic heterocycles. The monoisotopic (exact) mass is 583 g/mol. The van der Waals surface area contributed by atoms with E-state index in [-0.39, 0.29) is 45.2 Å². The van der Waals surface area contributed by atoms with Crippen LogP contribution >= 0.6 is 8.60 Å². The van der Waals surface area contributed by atoms with E-state index in [2.05, 4.69) is 14.7 Å². The van der Waals surface area contributed by atoms with Crippen LogP contribution in [-0.2, 0) is 50.5 Å². The number of aromatic nitrogens is 3. The maximum Gasteiger partial charge on any atom is 0.411 e. The molecule has 2 atom stereocenters. The van der Waals surface area contributed by atoms with Crippen LogP contribution in [0, 0.1) is 34.0 Å². The zero-order valence-electron chi connectivity index (χ0n) is 22.0. The lowest BCUT2D eigenvalue weighted by atomic mass is 10.2. The quantitative estimate of drug-likeness (QED) is 0.111. The van der Waals surface area contributed by atoms with E-state index in [0.717, 1.165) is 10.9 Å². The van der Waals surface area contributed by atoms with Crippen molar-refractivity contribution in [3.63, 3.8) is 0 Å². The number of carbonyl (C=O) groups is 2. The summed E-state index contributed by atoms with van der Waals surface area (Å²) in [5.74, 6) is -1.56. The molecule has 214 valence electrons. The van der Waals surface area contributed by atoms with Gasteiger partial charge in [0.05, 0.1) is 43.3 Å². The highest BCUT2D eigenvalue weighted by molar-refractivity contribution is 7.41. The molecule has 3 aromatic rings. The lowest BCUT2D eigenvalue weighted by Crippen LogP contribution is -2.28. The third-order valence-corrected chi connectivity index (χ3v) is 6.42. The predicted octanol–water partition coefficient (Wildman–Crippen LogP) is 2.40. The summed E-state index contributed by atoms with van der Waals surface area (Å²) in [5.41, 5.74) is 8.19. The van der Waals surface area contributed by atoms with Crippen molar-refractivity contribution in [3.05, 3.63) is 30.1 Å². The molecule has 15 nitrogen and oxygen atoms in total. The van der Waals surface area contributed by atoms with Crippen LogP contribution in [0.15, 0.2) is 24.3 Å². The molecule has 41 heavy (non-hydrogen) atoms. The van der Waals surface area contributed by atoms with Crippen molar-refractivity contribution in [2.75, 3.05) is 38.8 Å². The van der Waals surface area contributed by atoms with Gasteiger partial charge in [0.1, 0.15) is 24.6 Å². The van der Waals surface area contributed by atoms with Gasteiger partial charge in [-0.05, 0) is 13.0 Å². The fraction of sp³-hybridized carbons (Fsp3) is 0.400. The Bertz CT molecular complexity index is 1490. The summed E-state index contributed by atoms with van der Waals surface area (Å²) in [4.78, 5) is 31.8. The SMILES string of the molecule is CCOCc1nc2c(N)nc3ccccc3c2n1CCOP(OCCC#N)OC[C@@H](COC(=O)C#N)OC(=O)C#N. The van der Waals surface area contributed by atoms with Crippen LogP contribution in [0.4, 0.5) is 5.82 Å². The van der Waals surface area contributed by atoms with E-state index < -0.39 is 33.3 Å². The number of imidazole rings is 1. The third-order valence-electron chi connectivity index (χ3n) is 5.27. The minimum atomic E-state index is -2.08. The fourth-order valence-electron chi connectivity index (χ4n) is 3.57. The Labute approximate surface area is 235 Å². The lowest BCUT2D eigenvalue weighted by Gasteiger charge is -2.20. The largest absolute Gasteiger partial charge is 0.451 e. The minimum absolute atomic E-state index is 0.00922. The van der Waals surface area contributed by atoms with Gasteiger partial charge in [-0.2, -0.15) is 15.8 Å². The van der Waals surface area contributed by atoms with Crippen molar-refractivity contribution in [1.29, 1.82) is 15.8 Å². The standard InChI is InChI=1S/C25H26N7O8P/c1-2-35-16-20-31-23-24(18-6-3-4-7-19(18)30-25(23)29)32(20)9-11-38-41(37-10-5-8-26)39-15-17(40-22(34)13-28)14-36-21(33)12-27/h3-4,6-7,17H,2,5,9-11,14-16H2,1H3,(H2,29,30)/t17-,41?/m1/s1. The molecule has 0 saturated carbocycles. The first-order chi connectivity index (χ1) is 19.9. The molecular weight excluding hydrogens is 557 g/mol. The number of rotatable bonds is 16. The number of fused-ring (bicyclic) bond motifs is 3. The minimum Gasteiger partial charge on any atom is -0.451 e. The summed E-state index contributed by atoms with van der Waals surface area (Å²) >= 11 is 0. The number of nitrogens with zero attached hydrogens (tertiary/aromatic N) is 6. The van der Waals surface area contributed by atoms with Gasteiger partial charge >= 0.3 is 20.5 Å². The van der Waals surface area contributed by atoms with Gasteiger partial charge in [-0.1, -0.05) is 18.2 Å². The molecule has 0 spiro atoms. The summed E-state index contributed by atoms with van der Waals surface area (Å²) in [6.45, 7) is 1.97. The smallest absolute Gasteiger partial charge is 0.411 e. The van der Waals surface area contributed by atoms with Crippen LogP contribution < -0.4 is 5.73 Å². The summed E-state index contributed by atoms with van der Waals surface area (Å²) in [6.07, 6.45) is -1.16. The number of nitrogen functional groups attached to an aromatic ring is 1. The number of hydrogen-bond donors (Lipinski definition) is 1. The topological polar surface area (TPSA) is 218 Å². The number of benzene rings is 1. The van der Waals surface area contributed by atoms with Crippen LogP contribution in [-0.4, -0.2) is 65.6 Å². The van der Waals surface area contributed by atoms with Gasteiger partial charge in [-0.15, -0.1) is 0 Å². The Hall–Kier alpha value is -4.42. The molecule has 0 bridgehead atoms. The molecule has 2 N–H and O–H groups in total. The van der Waals surface area contributed by atoms with Crippen molar-refractivity contribution in [3.8, 4) is 18.2 Å². The number of carbonyl (C=O) groups excluding carboxylic acids is 2. The van der Waals surface area contributed by atoms with Gasteiger partial charge in [0.25, 0.3) is 0 Å². The first-order valence-corrected chi connectivity index (χ1v) is 13.4. The predicted molar refractivity (Wildman–Crippen MR) is 142 cm³/mol. The Morgan fingerprint density at radius 1 is 1.05 bits per heavy atom. The van der Waals surface area contributed by atoms with Crippen LogP contribution in [0.3, 0.4) is 0 Å². The van der Waals surface area contributed by atoms with E-state index in [0.29, 0.717) is 23.5 Å². The first kappa shape index (κ1) is 31.1. The second-order valence-corrected chi connectivity index (χ2v) is 9.19. The van der Waals surface area contributed by atoms with Gasteiger partial charge < -0.3 is 38.1 Å². The number of para-hydroxylation sites is 1. The molecule has 3 rings (SSSR count). The van der Waals surface area contributed by atoms with Crippen LogP contribution in [0.5, 0.6) is 0 Å². The Morgan fingerprint density at radius 3 is 2.54 bits per heavy atom. The molecule has 0 aliphatic rings. The molecule has 0 saturated heterocycles. The van der Waals surface area contributed by atoms with Crippen LogP contribution in [0.1, 0.15) is 19.2 Å². The molecule has 0 radical (unpaired) electrons. The molecular formula is C25H26N7O8P. The molecule has 0 fully saturated rings. The van der Waals surface area contributed by atoms with Gasteiger partial charge in [-0.3, -0.25) is 0 Å². The normalized spacial score (nSPS) is 12.2. The van der Waals surface area contributed by atoms with E-state index in [1.807, 2.05) is 41.8 Å². The van der Waals surface area contributed by atoms with Crippen molar-refractivity contribution in [1.82, 2.24) is 14.5 Å². The molecule has 1 aromatic carbocycles. The highest BCUT2D eigenvalue weighted by atomic mass is 31.2. The van der Waals surface area contributed by atoms with E-state index in [9.17, 15) is 9.59 Å². The lowest BCUT2D eigenvalue weighted by molar-refractivity contribution is -0.153. The highest BCUT2D eigenvalue weighted by Crippen LogP contribution is 2.40. The van der Waals surface area contributed by atoms with Crippen molar-refractivity contribution in [2.24, 2.45) is 0 Å². The van der Waals surface area contributed by atoms with E-state index >= 15 is 0 Å². The highest BCUT2D eigenvalue weighted by Gasteiger charge is 2.23. The number of hydrogen-bond acceptors (Lipinski definition) is 14. The summed E-state index contributed by atoms with van der Waals surface area (Å²) in [7, 11) is -2.08. The van der Waals surface area contributed by atoms with Crippen molar-refractivity contribution >= 4 is 48.3 Å². The van der Waals surface area contributed by atoms with Crippen LogP contribution in [0.25, 0.3) is 21.9 Å². The molecule has 16 heteroatoms. The number of esters is 2. The average Bonchev–Trinajstić information content (AvgIpc) is 3.35. The summed E-state index contributed by atoms with van der Waals surface area (Å²) in [5, 5.41) is 27.0. The zero-order valence-corrected chi connectivity index (χ0v) is 22.9. The fourth-order valence-corrected chi connectivity index (χ4v) is 4.56. The van der Waals surface area contributed by atoms with E-state index in [4.69, 9.17) is 44.6 Å². The molecule has 0 amide bonds. The number of pyridine rings is 1. The number of anilines is 1. The number of nitriles is 3. The second kappa shape index (κ2) is 16.0. The number of nitrogens with two attached hydrogens (primary N) is 1. The van der Waals surface area contributed by atoms with Crippen molar-refractivity contribution < 1.29 is 37.4 Å². The average molecular weight is 583 g/mol. The van der Waals surface area contributed by atoms with Gasteiger partial charge in [0.2, 0.25) is 0 Å². The Balaban J connectivity index is 1.78. The molecule has 0 aliphatic heterocycles. The molecule has 2 heterocycles. The van der Waals surface area contributed by atoms with Gasteiger partial charge in [0.15, 0.2) is 24.1 Å². The Kier molecular flexibility index (Phi) is 12.1. The maximum absolute atomic E-state index is 11.5. The van der Waals surface area contributed by atoms with E-state index in [1.54, 1.807) is 0 Å². The molecule has 1 unspecified atom stereocenters. The van der Waals surface area contributed by atoms with E-state index in [1.165, 1.54) is 12.1 Å². The summed E-state index contributed by atoms with van der Waals surface area (Å²) < 4.78 is 34.1. The second-order valence-electron chi connectivity index (χ2n) is 7.97. The van der Waals surface area contributed by atoms with Gasteiger partial charge in [-0.25, -0.2) is 19.6 Å². The molecule has 0 aliphatic carbocycles. The zero-order chi connectivity index (χ0) is 29.6.